The van der Waals surface area contributed by atoms with Crippen molar-refractivity contribution in [3.8, 4) is 28.5 Å². The number of nitrogens with one attached hydrogen (secondary N) is 1. The van der Waals surface area contributed by atoms with E-state index in [2.05, 4.69) is 28.5 Å². The van der Waals surface area contributed by atoms with E-state index in [1.165, 1.54) is 0 Å². The van der Waals surface area contributed by atoms with Gasteiger partial charge in [-0.3, -0.25) is 0 Å². The van der Waals surface area contributed by atoms with E-state index in [-0.39, 0.29) is 0 Å². The number of thiazole rings is 1. The van der Waals surface area contributed by atoms with Crippen molar-refractivity contribution in [1.82, 2.24) is 4.98 Å². The first kappa shape index (κ1) is 13.3. The highest BCUT2D eigenvalue weighted by atomic mass is 32.1. The molecule has 1 N–H and O–H groups in total. The Balaban J connectivity index is 2.08. The fourth-order valence-corrected chi connectivity index (χ4v) is 2.87. The standard InChI is InChI=1S/C17H13N3S/c1-19-17-20-16(11-21-17)15-5-3-2-4-14(15)13-8-6-12(10-18)7-9-13/h2-9,11H,1H3,(H,19,20). The van der Waals surface area contributed by atoms with Gasteiger partial charge in [-0.05, 0) is 23.3 Å². The lowest BCUT2D eigenvalue weighted by molar-refractivity contribution is 1.36. The molecule has 0 bridgehead atoms. The zero-order valence-corrected chi connectivity index (χ0v) is 12.3. The van der Waals surface area contributed by atoms with Crippen LogP contribution < -0.4 is 5.32 Å². The van der Waals surface area contributed by atoms with E-state index in [1.54, 1.807) is 11.3 Å². The number of nitriles is 1. The predicted octanol–water partition coefficient (Wildman–Crippen LogP) is 4.39. The Morgan fingerprint density at radius 3 is 2.38 bits per heavy atom. The van der Waals surface area contributed by atoms with Crippen LogP contribution in [-0.2, 0) is 0 Å². The third-order valence-electron chi connectivity index (χ3n) is 3.25. The minimum absolute atomic E-state index is 0.669. The number of benzene rings is 2. The average Bonchev–Trinajstić information content (AvgIpc) is 3.04. The van der Waals surface area contributed by atoms with E-state index in [1.807, 2.05) is 48.8 Å². The first-order valence-corrected chi connectivity index (χ1v) is 7.43. The summed E-state index contributed by atoms with van der Waals surface area (Å²) in [5.41, 5.74) is 4.94. The predicted molar refractivity (Wildman–Crippen MR) is 87.2 cm³/mol. The first-order valence-electron chi connectivity index (χ1n) is 6.55. The minimum Gasteiger partial charge on any atom is -0.365 e. The molecule has 0 saturated carbocycles. The summed E-state index contributed by atoms with van der Waals surface area (Å²) >= 11 is 1.59. The highest BCUT2D eigenvalue weighted by molar-refractivity contribution is 7.14. The van der Waals surface area contributed by atoms with Gasteiger partial charge < -0.3 is 5.32 Å². The van der Waals surface area contributed by atoms with Crippen molar-refractivity contribution in [2.45, 2.75) is 0 Å². The first-order chi connectivity index (χ1) is 10.3. The molecule has 0 spiro atoms. The van der Waals surface area contributed by atoms with Crippen LogP contribution in [-0.4, -0.2) is 12.0 Å². The average molecular weight is 291 g/mol. The second-order valence-electron chi connectivity index (χ2n) is 4.52. The second kappa shape index (κ2) is 5.78. The molecule has 0 saturated heterocycles. The highest BCUT2D eigenvalue weighted by Crippen LogP contribution is 2.33. The number of nitrogens with zero attached hydrogens (tertiary/aromatic N) is 2. The summed E-state index contributed by atoms with van der Waals surface area (Å²) < 4.78 is 0. The van der Waals surface area contributed by atoms with Crippen molar-refractivity contribution in [3.05, 3.63) is 59.5 Å². The van der Waals surface area contributed by atoms with E-state index in [9.17, 15) is 0 Å². The Bertz CT molecular complexity index is 797. The molecular weight excluding hydrogens is 278 g/mol. The fraction of sp³-hybridized carbons (Fsp3) is 0.0588. The Kier molecular flexibility index (Phi) is 3.67. The van der Waals surface area contributed by atoms with Crippen LogP contribution in [0.5, 0.6) is 0 Å². The molecule has 21 heavy (non-hydrogen) atoms. The zero-order valence-electron chi connectivity index (χ0n) is 11.5. The van der Waals surface area contributed by atoms with E-state index in [0.29, 0.717) is 5.56 Å². The molecule has 0 unspecified atom stereocenters. The largest absolute Gasteiger partial charge is 0.365 e. The summed E-state index contributed by atoms with van der Waals surface area (Å²) in [6.07, 6.45) is 0. The Labute approximate surface area is 127 Å². The van der Waals surface area contributed by atoms with Crippen LogP contribution in [0.2, 0.25) is 0 Å². The van der Waals surface area contributed by atoms with Crippen LogP contribution in [0.15, 0.2) is 53.9 Å². The number of anilines is 1. The number of hydrogen-bond acceptors (Lipinski definition) is 4. The SMILES string of the molecule is CNc1nc(-c2ccccc2-c2ccc(C#N)cc2)cs1. The van der Waals surface area contributed by atoms with Gasteiger partial charge in [-0.15, -0.1) is 11.3 Å². The summed E-state index contributed by atoms with van der Waals surface area (Å²) in [5.74, 6) is 0. The number of rotatable bonds is 3. The van der Waals surface area contributed by atoms with E-state index in [4.69, 9.17) is 5.26 Å². The summed E-state index contributed by atoms with van der Waals surface area (Å²) in [7, 11) is 1.87. The molecular formula is C17H13N3S. The summed E-state index contributed by atoms with van der Waals surface area (Å²) in [6, 6.07) is 18.0. The van der Waals surface area contributed by atoms with Gasteiger partial charge in [0.15, 0.2) is 5.13 Å². The zero-order chi connectivity index (χ0) is 14.7. The van der Waals surface area contributed by atoms with Crippen molar-refractivity contribution in [2.24, 2.45) is 0 Å². The molecule has 2 aromatic carbocycles. The lowest BCUT2D eigenvalue weighted by Crippen LogP contribution is -1.88. The van der Waals surface area contributed by atoms with Crippen molar-refractivity contribution in [3.63, 3.8) is 0 Å². The van der Waals surface area contributed by atoms with Crippen molar-refractivity contribution < 1.29 is 0 Å². The normalized spacial score (nSPS) is 10.1. The van der Waals surface area contributed by atoms with Crippen LogP contribution in [0.4, 0.5) is 5.13 Å². The molecule has 1 aromatic heterocycles. The van der Waals surface area contributed by atoms with Gasteiger partial charge in [0.25, 0.3) is 0 Å². The topological polar surface area (TPSA) is 48.7 Å². The Morgan fingerprint density at radius 2 is 1.76 bits per heavy atom. The van der Waals surface area contributed by atoms with Gasteiger partial charge in [0.1, 0.15) is 0 Å². The minimum atomic E-state index is 0.669. The highest BCUT2D eigenvalue weighted by Gasteiger charge is 2.10. The third kappa shape index (κ3) is 2.64. The lowest BCUT2D eigenvalue weighted by Gasteiger charge is -2.07. The van der Waals surface area contributed by atoms with Gasteiger partial charge in [0.05, 0.1) is 17.3 Å². The van der Waals surface area contributed by atoms with Crippen LogP contribution in [0, 0.1) is 11.3 Å². The van der Waals surface area contributed by atoms with Crippen LogP contribution >= 0.6 is 11.3 Å². The molecule has 3 aromatic rings. The fourth-order valence-electron chi connectivity index (χ4n) is 2.19. The van der Waals surface area contributed by atoms with Crippen molar-refractivity contribution >= 4 is 16.5 Å². The maximum Gasteiger partial charge on any atom is 0.182 e. The Hall–Kier alpha value is -2.64. The molecule has 0 aliphatic rings. The van der Waals surface area contributed by atoms with E-state index in [0.717, 1.165) is 27.5 Å². The van der Waals surface area contributed by atoms with Gasteiger partial charge >= 0.3 is 0 Å². The third-order valence-corrected chi connectivity index (χ3v) is 4.11. The van der Waals surface area contributed by atoms with Crippen molar-refractivity contribution in [1.29, 1.82) is 5.26 Å². The maximum absolute atomic E-state index is 8.90. The van der Waals surface area contributed by atoms with Gasteiger partial charge in [-0.1, -0.05) is 36.4 Å². The van der Waals surface area contributed by atoms with Gasteiger partial charge in [0.2, 0.25) is 0 Å². The maximum atomic E-state index is 8.90. The molecule has 0 amide bonds. The van der Waals surface area contributed by atoms with Crippen LogP contribution in [0.3, 0.4) is 0 Å². The number of aromatic nitrogens is 1. The van der Waals surface area contributed by atoms with Gasteiger partial charge in [0, 0.05) is 18.0 Å². The Morgan fingerprint density at radius 1 is 1.05 bits per heavy atom. The van der Waals surface area contributed by atoms with Crippen LogP contribution in [0.1, 0.15) is 5.56 Å². The van der Waals surface area contributed by atoms with Gasteiger partial charge in [-0.2, -0.15) is 5.26 Å². The lowest BCUT2D eigenvalue weighted by atomic mass is 9.97. The van der Waals surface area contributed by atoms with E-state index < -0.39 is 0 Å². The molecule has 0 radical (unpaired) electrons. The smallest absolute Gasteiger partial charge is 0.182 e. The van der Waals surface area contributed by atoms with Crippen LogP contribution in [0.25, 0.3) is 22.4 Å². The number of hydrogen-bond donors (Lipinski definition) is 1. The molecule has 0 atom stereocenters. The quantitative estimate of drug-likeness (QED) is 0.778. The molecule has 3 nitrogen and oxygen atoms in total. The molecule has 0 aliphatic carbocycles. The molecule has 0 fully saturated rings. The summed E-state index contributed by atoms with van der Waals surface area (Å²) in [6.45, 7) is 0. The molecule has 3 rings (SSSR count). The second-order valence-corrected chi connectivity index (χ2v) is 5.38. The molecule has 0 aliphatic heterocycles. The van der Waals surface area contributed by atoms with E-state index >= 15 is 0 Å². The molecule has 4 heteroatoms. The molecule has 102 valence electrons. The molecule has 1 heterocycles. The van der Waals surface area contributed by atoms with Crippen molar-refractivity contribution in [2.75, 3.05) is 12.4 Å². The monoisotopic (exact) mass is 291 g/mol. The van der Waals surface area contributed by atoms with Gasteiger partial charge in [-0.25, -0.2) is 4.98 Å². The summed E-state index contributed by atoms with van der Waals surface area (Å²) in [4.78, 5) is 4.57. The summed E-state index contributed by atoms with van der Waals surface area (Å²) in [5, 5.41) is 14.9.